The third kappa shape index (κ3) is 1.80. The Morgan fingerprint density at radius 2 is 2.18 bits per heavy atom. The van der Waals surface area contributed by atoms with Crippen LogP contribution in [0, 0.1) is 5.92 Å². The normalized spacial score (nSPS) is 32.3. The molecule has 1 atom stereocenters. The van der Waals surface area contributed by atoms with Crippen molar-refractivity contribution in [3.05, 3.63) is 0 Å². The summed E-state index contributed by atoms with van der Waals surface area (Å²) in [5.74, 6) is 0.456. The van der Waals surface area contributed by atoms with E-state index in [-0.39, 0.29) is 5.72 Å². The number of aliphatic imine (C=N–C) groups is 1. The van der Waals surface area contributed by atoms with Crippen molar-refractivity contribution in [2.45, 2.75) is 39.8 Å². The van der Waals surface area contributed by atoms with E-state index in [1.54, 1.807) is 0 Å². The van der Waals surface area contributed by atoms with E-state index >= 15 is 0 Å². The third-order valence-corrected chi connectivity index (χ3v) is 2.34. The predicted molar refractivity (Wildman–Crippen MR) is 46.9 cm³/mol. The van der Waals surface area contributed by atoms with Gasteiger partial charge < -0.3 is 4.74 Å². The highest BCUT2D eigenvalue weighted by Gasteiger charge is 2.30. The van der Waals surface area contributed by atoms with Gasteiger partial charge in [0.2, 0.25) is 0 Å². The van der Waals surface area contributed by atoms with Crippen LogP contribution in [0.15, 0.2) is 4.99 Å². The lowest BCUT2D eigenvalue weighted by Crippen LogP contribution is -2.37. The Hall–Kier alpha value is -0.370. The minimum atomic E-state index is -0.262. The quantitative estimate of drug-likeness (QED) is 0.569. The fraction of sp³-hybridized carbons (Fsp3) is 0.889. The molecule has 1 heterocycles. The van der Waals surface area contributed by atoms with E-state index in [4.69, 9.17) is 4.74 Å². The number of hydrogen-bond donors (Lipinski definition) is 0. The van der Waals surface area contributed by atoms with E-state index in [0.29, 0.717) is 5.92 Å². The average Bonchev–Trinajstić information content (AvgIpc) is 1.86. The summed E-state index contributed by atoms with van der Waals surface area (Å²) in [5, 5.41) is 0. The van der Waals surface area contributed by atoms with Crippen LogP contribution < -0.4 is 0 Å². The molecule has 0 fully saturated rings. The first-order chi connectivity index (χ1) is 5.04. The summed E-state index contributed by atoms with van der Waals surface area (Å²) < 4.78 is 5.61. The molecule has 11 heavy (non-hydrogen) atoms. The molecule has 0 radical (unpaired) electrons. The number of hydrogen-bond acceptors (Lipinski definition) is 2. The van der Waals surface area contributed by atoms with Crippen LogP contribution in [0.1, 0.15) is 34.1 Å². The fourth-order valence-corrected chi connectivity index (χ4v) is 1.17. The maximum Gasteiger partial charge on any atom is 0.158 e. The van der Waals surface area contributed by atoms with E-state index in [1.807, 2.05) is 0 Å². The van der Waals surface area contributed by atoms with Crippen molar-refractivity contribution in [1.29, 1.82) is 0 Å². The molecule has 1 unspecified atom stereocenters. The molecule has 0 saturated heterocycles. The summed E-state index contributed by atoms with van der Waals surface area (Å²) in [6.45, 7) is 9.23. The van der Waals surface area contributed by atoms with E-state index in [1.165, 1.54) is 5.71 Å². The first kappa shape index (κ1) is 8.72. The lowest BCUT2D eigenvalue weighted by atomic mass is 10.0. The summed E-state index contributed by atoms with van der Waals surface area (Å²) in [6, 6.07) is 0. The molecule has 1 aliphatic rings. The Morgan fingerprint density at radius 3 is 2.55 bits per heavy atom. The second kappa shape index (κ2) is 2.94. The van der Waals surface area contributed by atoms with Crippen LogP contribution in [-0.4, -0.2) is 18.0 Å². The van der Waals surface area contributed by atoms with Gasteiger partial charge in [0.05, 0.1) is 6.61 Å². The molecule has 0 spiro atoms. The molecule has 0 N–H and O–H groups in total. The van der Waals surface area contributed by atoms with Crippen molar-refractivity contribution in [3.8, 4) is 0 Å². The molecule has 0 aliphatic carbocycles. The summed E-state index contributed by atoms with van der Waals surface area (Å²) in [7, 11) is 0. The highest BCUT2D eigenvalue weighted by atomic mass is 16.5. The summed E-state index contributed by atoms with van der Waals surface area (Å²) in [5.41, 5.74) is 0.954. The van der Waals surface area contributed by atoms with E-state index < -0.39 is 0 Å². The standard InChI is InChI=1S/C9H17NO/c1-7(2)9(4)10-8(3)5-6-11-9/h7H,5-6H2,1-4H3. The second-order valence-electron chi connectivity index (χ2n) is 3.65. The zero-order chi connectivity index (χ0) is 8.48. The fourth-order valence-electron chi connectivity index (χ4n) is 1.17. The van der Waals surface area contributed by atoms with Crippen molar-refractivity contribution in [1.82, 2.24) is 0 Å². The number of nitrogens with zero attached hydrogens (tertiary/aromatic N) is 1. The van der Waals surface area contributed by atoms with Gasteiger partial charge in [-0.05, 0) is 13.8 Å². The molecular formula is C9H17NO. The average molecular weight is 155 g/mol. The van der Waals surface area contributed by atoms with Crippen LogP contribution in [0.3, 0.4) is 0 Å². The van der Waals surface area contributed by atoms with E-state index in [9.17, 15) is 0 Å². The predicted octanol–water partition coefficient (Wildman–Crippen LogP) is 2.24. The second-order valence-corrected chi connectivity index (χ2v) is 3.65. The summed E-state index contributed by atoms with van der Waals surface area (Å²) in [6.07, 6.45) is 0.988. The van der Waals surface area contributed by atoms with Gasteiger partial charge in [0.25, 0.3) is 0 Å². The largest absolute Gasteiger partial charge is 0.354 e. The molecule has 1 aliphatic heterocycles. The molecule has 0 aromatic heterocycles. The van der Waals surface area contributed by atoms with Crippen LogP contribution >= 0.6 is 0 Å². The molecule has 1 rings (SSSR count). The minimum Gasteiger partial charge on any atom is -0.354 e. The molecule has 0 saturated carbocycles. The smallest absolute Gasteiger partial charge is 0.158 e. The van der Waals surface area contributed by atoms with Crippen LogP contribution in [0.4, 0.5) is 0 Å². The topological polar surface area (TPSA) is 21.6 Å². The Bertz CT molecular complexity index is 174. The molecule has 0 aromatic rings. The van der Waals surface area contributed by atoms with Crippen LogP contribution in [-0.2, 0) is 4.74 Å². The maximum atomic E-state index is 5.61. The summed E-state index contributed by atoms with van der Waals surface area (Å²) in [4.78, 5) is 4.51. The first-order valence-electron chi connectivity index (χ1n) is 4.24. The van der Waals surface area contributed by atoms with Crippen LogP contribution in [0.5, 0.6) is 0 Å². The highest BCUT2D eigenvalue weighted by Crippen LogP contribution is 2.26. The van der Waals surface area contributed by atoms with Crippen molar-refractivity contribution in [3.63, 3.8) is 0 Å². The van der Waals surface area contributed by atoms with Gasteiger partial charge in [-0.25, -0.2) is 0 Å². The van der Waals surface area contributed by atoms with Gasteiger partial charge in [0.15, 0.2) is 5.72 Å². The molecule has 0 aromatic carbocycles. The molecule has 64 valence electrons. The third-order valence-electron chi connectivity index (χ3n) is 2.34. The molecular weight excluding hydrogens is 138 g/mol. The van der Waals surface area contributed by atoms with Gasteiger partial charge >= 0.3 is 0 Å². The van der Waals surface area contributed by atoms with Crippen LogP contribution in [0.25, 0.3) is 0 Å². The zero-order valence-electron chi connectivity index (χ0n) is 7.85. The van der Waals surface area contributed by atoms with Gasteiger partial charge in [0, 0.05) is 18.1 Å². The van der Waals surface area contributed by atoms with Gasteiger partial charge in [0.1, 0.15) is 0 Å². The Labute approximate surface area is 68.7 Å². The Balaban J connectivity index is 2.78. The minimum absolute atomic E-state index is 0.262. The Morgan fingerprint density at radius 1 is 1.55 bits per heavy atom. The van der Waals surface area contributed by atoms with Crippen molar-refractivity contribution < 1.29 is 4.74 Å². The number of rotatable bonds is 1. The highest BCUT2D eigenvalue weighted by molar-refractivity contribution is 5.82. The number of ether oxygens (including phenoxy) is 1. The van der Waals surface area contributed by atoms with Crippen molar-refractivity contribution in [2.24, 2.45) is 10.9 Å². The monoisotopic (exact) mass is 155 g/mol. The van der Waals surface area contributed by atoms with E-state index in [2.05, 4.69) is 32.7 Å². The lowest BCUT2D eigenvalue weighted by molar-refractivity contribution is -0.0622. The maximum absolute atomic E-state index is 5.61. The Kier molecular flexibility index (Phi) is 2.33. The molecule has 2 heteroatoms. The summed E-state index contributed by atoms with van der Waals surface area (Å²) >= 11 is 0. The first-order valence-corrected chi connectivity index (χ1v) is 4.24. The SMILES string of the molecule is CC1=NC(C)(C(C)C)OCC1. The van der Waals surface area contributed by atoms with Crippen molar-refractivity contribution in [2.75, 3.05) is 6.61 Å². The molecule has 0 bridgehead atoms. The van der Waals surface area contributed by atoms with Crippen LogP contribution in [0.2, 0.25) is 0 Å². The van der Waals surface area contributed by atoms with Gasteiger partial charge in [-0.15, -0.1) is 0 Å². The molecule has 0 amide bonds. The van der Waals surface area contributed by atoms with E-state index in [0.717, 1.165) is 13.0 Å². The zero-order valence-corrected chi connectivity index (χ0v) is 7.85. The van der Waals surface area contributed by atoms with Gasteiger partial charge in [-0.3, -0.25) is 4.99 Å². The van der Waals surface area contributed by atoms with Crippen molar-refractivity contribution >= 4 is 5.71 Å². The van der Waals surface area contributed by atoms with Gasteiger partial charge in [-0.1, -0.05) is 13.8 Å². The molecule has 2 nitrogen and oxygen atoms in total. The van der Waals surface area contributed by atoms with Gasteiger partial charge in [-0.2, -0.15) is 0 Å². The lowest BCUT2D eigenvalue weighted by Gasteiger charge is -2.33.